The third kappa shape index (κ3) is 0.999. The second-order valence-corrected chi connectivity index (χ2v) is 4.20. The average molecular weight is 187 g/mol. The lowest BCUT2D eigenvalue weighted by molar-refractivity contribution is 0.0911. The summed E-state index contributed by atoms with van der Waals surface area (Å²) in [6.07, 6.45) is 3.39. The van der Waals surface area contributed by atoms with Crippen LogP contribution in [-0.4, -0.2) is 11.8 Å². The minimum atomic E-state index is 0.241. The predicted molar refractivity (Wildman–Crippen MR) is 55.5 cm³/mol. The highest BCUT2D eigenvalue weighted by Crippen LogP contribution is 2.37. The summed E-state index contributed by atoms with van der Waals surface area (Å²) in [7, 11) is 0. The Kier molecular flexibility index (Phi) is 1.63. The summed E-state index contributed by atoms with van der Waals surface area (Å²) >= 11 is 0. The number of hydrogen-bond donors (Lipinski definition) is 1. The van der Waals surface area contributed by atoms with Crippen LogP contribution in [0.1, 0.15) is 29.6 Å². The Morgan fingerprint density at radius 3 is 3.00 bits per heavy atom. The van der Waals surface area contributed by atoms with E-state index in [4.69, 9.17) is 0 Å². The standard InChI is InChI=1S/C12H13NO/c14-12-8-4-1-2-6-10(8)13-11-7-3-5-9(11)12/h1-2,4,6,9,11,13H,3,5,7H2. The normalized spacial score (nSPS) is 29.3. The van der Waals surface area contributed by atoms with Crippen LogP contribution in [0.4, 0.5) is 5.69 Å². The van der Waals surface area contributed by atoms with Crippen LogP contribution in [0.25, 0.3) is 0 Å². The van der Waals surface area contributed by atoms with Crippen LogP contribution in [0.3, 0.4) is 0 Å². The number of anilines is 1. The highest BCUT2D eigenvalue weighted by Gasteiger charge is 2.37. The predicted octanol–water partition coefficient (Wildman–Crippen LogP) is 2.46. The lowest BCUT2D eigenvalue weighted by atomic mass is 9.88. The fourth-order valence-electron chi connectivity index (χ4n) is 2.67. The van der Waals surface area contributed by atoms with E-state index in [-0.39, 0.29) is 5.92 Å². The summed E-state index contributed by atoms with van der Waals surface area (Å²) in [5.74, 6) is 0.590. The van der Waals surface area contributed by atoms with E-state index in [1.807, 2.05) is 24.3 Å². The number of para-hydroxylation sites is 1. The number of nitrogens with one attached hydrogen (secondary N) is 1. The van der Waals surface area contributed by atoms with Crippen molar-refractivity contribution in [2.45, 2.75) is 25.3 Å². The van der Waals surface area contributed by atoms with Crippen molar-refractivity contribution in [3.63, 3.8) is 0 Å². The molecule has 2 atom stereocenters. The quantitative estimate of drug-likeness (QED) is 0.676. The maximum Gasteiger partial charge on any atom is 0.170 e. The van der Waals surface area contributed by atoms with Gasteiger partial charge in [-0.15, -0.1) is 0 Å². The minimum absolute atomic E-state index is 0.241. The van der Waals surface area contributed by atoms with E-state index >= 15 is 0 Å². The van der Waals surface area contributed by atoms with Crippen molar-refractivity contribution < 1.29 is 4.79 Å². The first-order valence-electron chi connectivity index (χ1n) is 5.26. The van der Waals surface area contributed by atoms with Crippen LogP contribution in [0.2, 0.25) is 0 Å². The number of carbonyl (C=O) groups is 1. The molecule has 2 heteroatoms. The average Bonchev–Trinajstić information content (AvgIpc) is 2.66. The van der Waals surface area contributed by atoms with Crippen molar-refractivity contribution in [3.05, 3.63) is 29.8 Å². The summed E-state index contributed by atoms with van der Waals surface area (Å²) in [6, 6.07) is 8.25. The molecule has 1 fully saturated rings. The molecule has 0 radical (unpaired) electrons. The van der Waals surface area contributed by atoms with Gasteiger partial charge in [-0.2, -0.15) is 0 Å². The van der Waals surface area contributed by atoms with Gasteiger partial charge in [-0.1, -0.05) is 18.6 Å². The molecule has 1 aliphatic heterocycles. The first-order chi connectivity index (χ1) is 6.86. The zero-order chi connectivity index (χ0) is 9.54. The molecule has 2 aliphatic rings. The van der Waals surface area contributed by atoms with Crippen LogP contribution in [0.5, 0.6) is 0 Å². The summed E-state index contributed by atoms with van der Waals surface area (Å²) in [5, 5.41) is 3.47. The molecule has 1 aliphatic carbocycles. The smallest absolute Gasteiger partial charge is 0.170 e. The van der Waals surface area contributed by atoms with Crippen LogP contribution in [-0.2, 0) is 0 Å². The molecular formula is C12H13NO. The third-order valence-corrected chi connectivity index (χ3v) is 3.39. The first kappa shape index (κ1) is 8.04. The maximum absolute atomic E-state index is 12.1. The van der Waals surface area contributed by atoms with Gasteiger partial charge in [0.15, 0.2) is 5.78 Å². The van der Waals surface area contributed by atoms with E-state index in [1.165, 1.54) is 6.42 Å². The number of fused-ring (bicyclic) bond motifs is 2. The van der Waals surface area contributed by atoms with Crippen molar-refractivity contribution in [1.82, 2.24) is 0 Å². The lowest BCUT2D eigenvalue weighted by Gasteiger charge is -2.28. The Labute approximate surface area is 83.3 Å². The van der Waals surface area contributed by atoms with E-state index in [1.54, 1.807) is 0 Å². The molecule has 1 heterocycles. The molecule has 1 aromatic rings. The number of benzene rings is 1. The molecule has 0 amide bonds. The zero-order valence-corrected chi connectivity index (χ0v) is 7.99. The monoisotopic (exact) mass is 187 g/mol. The number of ketones is 1. The van der Waals surface area contributed by atoms with Crippen molar-refractivity contribution in [1.29, 1.82) is 0 Å². The van der Waals surface area contributed by atoms with Crippen LogP contribution in [0, 0.1) is 5.92 Å². The van der Waals surface area contributed by atoms with Crippen molar-refractivity contribution in [2.75, 3.05) is 5.32 Å². The lowest BCUT2D eigenvalue weighted by Crippen LogP contribution is -2.35. The molecule has 0 bridgehead atoms. The first-order valence-corrected chi connectivity index (χ1v) is 5.26. The molecule has 14 heavy (non-hydrogen) atoms. The molecule has 2 unspecified atom stereocenters. The van der Waals surface area contributed by atoms with E-state index in [0.717, 1.165) is 24.1 Å². The van der Waals surface area contributed by atoms with Crippen molar-refractivity contribution in [2.24, 2.45) is 5.92 Å². The highest BCUT2D eigenvalue weighted by atomic mass is 16.1. The maximum atomic E-state index is 12.1. The van der Waals surface area contributed by atoms with Crippen molar-refractivity contribution in [3.8, 4) is 0 Å². The molecule has 2 nitrogen and oxygen atoms in total. The fraction of sp³-hybridized carbons (Fsp3) is 0.417. The summed E-state index contributed by atoms with van der Waals surface area (Å²) < 4.78 is 0. The third-order valence-electron chi connectivity index (χ3n) is 3.39. The summed E-state index contributed by atoms with van der Waals surface area (Å²) in [4.78, 5) is 12.1. The largest absolute Gasteiger partial charge is 0.381 e. The van der Waals surface area contributed by atoms with Crippen molar-refractivity contribution >= 4 is 11.5 Å². The van der Waals surface area contributed by atoms with E-state index in [0.29, 0.717) is 11.8 Å². The van der Waals surface area contributed by atoms with Crippen LogP contribution < -0.4 is 5.32 Å². The van der Waals surface area contributed by atoms with E-state index in [2.05, 4.69) is 5.32 Å². The van der Waals surface area contributed by atoms with Gasteiger partial charge in [0.1, 0.15) is 0 Å². The highest BCUT2D eigenvalue weighted by molar-refractivity contribution is 6.05. The van der Waals surface area contributed by atoms with E-state index in [9.17, 15) is 4.79 Å². The molecule has 1 N–H and O–H groups in total. The van der Waals surface area contributed by atoms with Gasteiger partial charge in [-0.3, -0.25) is 4.79 Å². The summed E-state index contributed by atoms with van der Waals surface area (Å²) in [6.45, 7) is 0. The van der Waals surface area contributed by atoms with Gasteiger partial charge in [0.25, 0.3) is 0 Å². The molecule has 0 spiro atoms. The Bertz CT molecular complexity index is 386. The van der Waals surface area contributed by atoms with Gasteiger partial charge < -0.3 is 5.32 Å². The molecule has 1 saturated carbocycles. The Balaban J connectivity index is 2.08. The SMILES string of the molecule is O=C1c2ccccc2NC2CCCC12. The van der Waals surface area contributed by atoms with Gasteiger partial charge in [0.05, 0.1) is 0 Å². The molecule has 0 aromatic heterocycles. The second-order valence-electron chi connectivity index (χ2n) is 4.20. The van der Waals surface area contributed by atoms with Gasteiger partial charge in [0.2, 0.25) is 0 Å². The second kappa shape index (κ2) is 2.84. The van der Waals surface area contributed by atoms with Gasteiger partial charge in [-0.05, 0) is 25.0 Å². The number of carbonyl (C=O) groups excluding carboxylic acids is 1. The van der Waals surface area contributed by atoms with E-state index < -0.39 is 0 Å². The Morgan fingerprint density at radius 2 is 2.07 bits per heavy atom. The minimum Gasteiger partial charge on any atom is -0.381 e. The van der Waals surface area contributed by atoms with Crippen LogP contribution in [0.15, 0.2) is 24.3 Å². The molecule has 72 valence electrons. The molecule has 0 saturated heterocycles. The zero-order valence-electron chi connectivity index (χ0n) is 7.99. The number of hydrogen-bond acceptors (Lipinski definition) is 2. The number of Topliss-reactive ketones (excluding diaryl/α,β-unsaturated/α-hetero) is 1. The van der Waals surface area contributed by atoms with Gasteiger partial charge in [-0.25, -0.2) is 0 Å². The fourth-order valence-corrected chi connectivity index (χ4v) is 2.67. The Hall–Kier alpha value is -1.31. The number of rotatable bonds is 0. The van der Waals surface area contributed by atoms with Gasteiger partial charge >= 0.3 is 0 Å². The molecular weight excluding hydrogens is 174 g/mol. The topological polar surface area (TPSA) is 29.1 Å². The molecule has 1 aromatic carbocycles. The van der Waals surface area contributed by atoms with Crippen LogP contribution >= 0.6 is 0 Å². The Morgan fingerprint density at radius 1 is 1.21 bits per heavy atom. The molecule has 3 rings (SSSR count). The van der Waals surface area contributed by atoms with Gasteiger partial charge in [0, 0.05) is 23.2 Å². The summed E-state index contributed by atoms with van der Waals surface area (Å²) in [5.41, 5.74) is 1.91.